The predicted octanol–water partition coefficient (Wildman–Crippen LogP) is 2.99. The van der Waals surface area contributed by atoms with Crippen LogP contribution in [-0.4, -0.2) is 34.7 Å². The van der Waals surface area contributed by atoms with E-state index in [9.17, 15) is 9.50 Å². The van der Waals surface area contributed by atoms with Crippen LogP contribution in [0.1, 0.15) is 38.7 Å². The molecule has 0 aliphatic carbocycles. The molecule has 0 bridgehead atoms. The summed E-state index contributed by atoms with van der Waals surface area (Å²) in [5.74, 6) is -0.236. The standard InChI is InChI=1S/C16H24FNO/c1-16(2,18-9-4-3-5-10-18)15(19)12-13-7-6-8-14(17)11-13/h6-8,11,15,19H,3-5,9-10,12H2,1-2H3. The number of hydrogen-bond donors (Lipinski definition) is 1. The summed E-state index contributed by atoms with van der Waals surface area (Å²) in [6, 6.07) is 6.52. The molecule has 3 heteroatoms. The van der Waals surface area contributed by atoms with Crippen molar-refractivity contribution in [1.29, 1.82) is 0 Å². The number of likely N-dealkylation sites (tertiary alicyclic amines) is 1. The fourth-order valence-corrected chi connectivity index (χ4v) is 2.82. The highest BCUT2D eigenvalue weighted by molar-refractivity contribution is 5.18. The molecule has 1 unspecified atom stereocenters. The van der Waals surface area contributed by atoms with Crippen LogP contribution in [0.15, 0.2) is 24.3 Å². The lowest BCUT2D eigenvalue weighted by Gasteiger charge is -2.44. The van der Waals surface area contributed by atoms with Gasteiger partial charge in [0.2, 0.25) is 0 Å². The van der Waals surface area contributed by atoms with Crippen LogP contribution >= 0.6 is 0 Å². The minimum atomic E-state index is -0.479. The lowest BCUT2D eigenvalue weighted by Crippen LogP contribution is -2.54. The number of piperidine rings is 1. The second-order valence-corrected chi connectivity index (χ2v) is 6.05. The van der Waals surface area contributed by atoms with Crippen LogP contribution in [0.4, 0.5) is 4.39 Å². The van der Waals surface area contributed by atoms with Crippen molar-refractivity contribution in [2.24, 2.45) is 0 Å². The van der Waals surface area contributed by atoms with Crippen LogP contribution < -0.4 is 0 Å². The Morgan fingerprint density at radius 3 is 2.58 bits per heavy atom. The van der Waals surface area contributed by atoms with Crippen molar-refractivity contribution in [2.75, 3.05) is 13.1 Å². The highest BCUT2D eigenvalue weighted by Gasteiger charge is 2.34. The summed E-state index contributed by atoms with van der Waals surface area (Å²) in [5, 5.41) is 10.5. The monoisotopic (exact) mass is 265 g/mol. The molecule has 2 nitrogen and oxygen atoms in total. The number of rotatable bonds is 4. The van der Waals surface area contributed by atoms with E-state index in [1.54, 1.807) is 6.07 Å². The molecule has 1 fully saturated rings. The first-order valence-electron chi connectivity index (χ1n) is 7.18. The van der Waals surface area contributed by atoms with Crippen molar-refractivity contribution in [3.8, 4) is 0 Å². The van der Waals surface area contributed by atoms with Crippen molar-refractivity contribution in [3.05, 3.63) is 35.6 Å². The number of hydrogen-bond acceptors (Lipinski definition) is 2. The molecule has 0 amide bonds. The highest BCUT2D eigenvalue weighted by atomic mass is 19.1. The molecular weight excluding hydrogens is 241 g/mol. The highest BCUT2D eigenvalue weighted by Crippen LogP contribution is 2.25. The second-order valence-electron chi connectivity index (χ2n) is 6.05. The predicted molar refractivity (Wildman–Crippen MR) is 75.6 cm³/mol. The number of halogens is 1. The summed E-state index contributed by atoms with van der Waals surface area (Å²) in [4.78, 5) is 2.36. The minimum absolute atomic E-state index is 0.236. The SMILES string of the molecule is CC(C)(C(O)Cc1cccc(F)c1)N1CCCCC1. The molecule has 0 radical (unpaired) electrons. The Balaban J connectivity index is 2.03. The van der Waals surface area contributed by atoms with Gasteiger partial charge in [-0.15, -0.1) is 0 Å². The third-order valence-corrected chi connectivity index (χ3v) is 4.30. The molecule has 1 N–H and O–H groups in total. The molecule has 106 valence electrons. The van der Waals surface area contributed by atoms with E-state index in [1.165, 1.54) is 31.4 Å². The van der Waals surface area contributed by atoms with Gasteiger partial charge in [0.25, 0.3) is 0 Å². The van der Waals surface area contributed by atoms with Gasteiger partial charge in [0.05, 0.1) is 6.10 Å². The van der Waals surface area contributed by atoms with Crippen molar-refractivity contribution >= 4 is 0 Å². The normalized spacial score (nSPS) is 19.4. The van der Waals surface area contributed by atoms with Crippen LogP contribution in [0.25, 0.3) is 0 Å². The van der Waals surface area contributed by atoms with Gasteiger partial charge in [0.15, 0.2) is 0 Å². The Morgan fingerprint density at radius 2 is 1.95 bits per heavy atom. The summed E-state index contributed by atoms with van der Waals surface area (Å²) >= 11 is 0. The third kappa shape index (κ3) is 3.54. The largest absolute Gasteiger partial charge is 0.391 e. The van der Waals surface area contributed by atoms with Crippen LogP contribution in [0.3, 0.4) is 0 Å². The van der Waals surface area contributed by atoms with Crippen molar-refractivity contribution in [1.82, 2.24) is 4.90 Å². The van der Waals surface area contributed by atoms with Crippen molar-refractivity contribution in [3.63, 3.8) is 0 Å². The molecule has 1 atom stereocenters. The zero-order valence-electron chi connectivity index (χ0n) is 11.9. The maximum absolute atomic E-state index is 13.2. The van der Waals surface area contributed by atoms with Gasteiger partial charge < -0.3 is 5.11 Å². The molecule has 1 aromatic rings. The Hall–Kier alpha value is -0.930. The summed E-state index contributed by atoms with van der Waals surface area (Å²) in [6.45, 7) is 6.27. The van der Waals surface area contributed by atoms with Gasteiger partial charge in [-0.25, -0.2) is 4.39 Å². The van der Waals surface area contributed by atoms with Crippen molar-refractivity contribution in [2.45, 2.75) is 51.2 Å². The van der Waals surface area contributed by atoms with Crippen LogP contribution in [0.2, 0.25) is 0 Å². The summed E-state index contributed by atoms with van der Waals surface area (Å²) in [6.07, 6.45) is 3.72. The lowest BCUT2D eigenvalue weighted by atomic mass is 9.88. The minimum Gasteiger partial charge on any atom is -0.391 e. The smallest absolute Gasteiger partial charge is 0.123 e. The van der Waals surface area contributed by atoms with E-state index in [1.807, 2.05) is 6.07 Å². The van der Waals surface area contributed by atoms with E-state index in [-0.39, 0.29) is 11.4 Å². The first-order valence-corrected chi connectivity index (χ1v) is 7.18. The number of aliphatic hydroxyl groups is 1. The van der Waals surface area contributed by atoms with E-state index in [2.05, 4.69) is 18.7 Å². The van der Waals surface area contributed by atoms with E-state index >= 15 is 0 Å². The quantitative estimate of drug-likeness (QED) is 0.904. The zero-order chi connectivity index (χ0) is 13.9. The van der Waals surface area contributed by atoms with E-state index in [0.29, 0.717) is 6.42 Å². The van der Waals surface area contributed by atoms with E-state index < -0.39 is 6.10 Å². The Morgan fingerprint density at radius 1 is 1.26 bits per heavy atom. The van der Waals surface area contributed by atoms with Gasteiger partial charge in [0.1, 0.15) is 5.82 Å². The maximum atomic E-state index is 13.2. The summed E-state index contributed by atoms with van der Waals surface area (Å²) in [5.41, 5.74) is 0.602. The third-order valence-electron chi connectivity index (χ3n) is 4.30. The average Bonchev–Trinajstić information content (AvgIpc) is 2.39. The van der Waals surface area contributed by atoms with E-state index in [0.717, 1.165) is 18.7 Å². The summed E-state index contributed by atoms with van der Waals surface area (Å²) < 4.78 is 13.2. The van der Waals surface area contributed by atoms with Gasteiger partial charge in [-0.05, 0) is 57.5 Å². The molecule has 0 saturated carbocycles. The van der Waals surface area contributed by atoms with Gasteiger partial charge >= 0.3 is 0 Å². The van der Waals surface area contributed by atoms with Crippen LogP contribution in [0, 0.1) is 5.82 Å². The first kappa shape index (κ1) is 14.5. The van der Waals surface area contributed by atoms with Gasteiger partial charge in [-0.3, -0.25) is 4.90 Å². The van der Waals surface area contributed by atoms with E-state index in [4.69, 9.17) is 0 Å². The Labute approximate surface area is 115 Å². The maximum Gasteiger partial charge on any atom is 0.123 e. The molecule has 1 aliphatic rings. The number of aliphatic hydroxyl groups excluding tert-OH is 1. The molecule has 1 heterocycles. The van der Waals surface area contributed by atoms with Crippen LogP contribution in [-0.2, 0) is 6.42 Å². The van der Waals surface area contributed by atoms with Gasteiger partial charge in [0, 0.05) is 12.0 Å². The average molecular weight is 265 g/mol. The second kappa shape index (κ2) is 6.02. The summed E-state index contributed by atoms with van der Waals surface area (Å²) in [7, 11) is 0. The first-order chi connectivity index (χ1) is 9.00. The van der Waals surface area contributed by atoms with Gasteiger partial charge in [-0.2, -0.15) is 0 Å². The molecule has 1 aliphatic heterocycles. The van der Waals surface area contributed by atoms with Gasteiger partial charge in [-0.1, -0.05) is 18.6 Å². The topological polar surface area (TPSA) is 23.5 Å². The molecule has 0 spiro atoms. The van der Waals surface area contributed by atoms with Crippen molar-refractivity contribution < 1.29 is 9.50 Å². The Bertz CT molecular complexity index is 413. The molecule has 2 rings (SSSR count). The Kier molecular flexibility index (Phi) is 4.58. The molecule has 0 aromatic heterocycles. The molecular formula is C16H24FNO. The molecule has 19 heavy (non-hydrogen) atoms. The number of benzene rings is 1. The molecule has 1 saturated heterocycles. The zero-order valence-corrected chi connectivity index (χ0v) is 11.9. The lowest BCUT2D eigenvalue weighted by molar-refractivity contribution is -0.0187. The fourth-order valence-electron chi connectivity index (χ4n) is 2.82. The van der Waals surface area contributed by atoms with Crippen LogP contribution in [0.5, 0.6) is 0 Å². The molecule has 1 aromatic carbocycles. The fraction of sp³-hybridized carbons (Fsp3) is 0.625. The number of nitrogens with zero attached hydrogens (tertiary/aromatic N) is 1.